The van der Waals surface area contributed by atoms with E-state index in [1.54, 1.807) is 6.20 Å². The zero-order chi connectivity index (χ0) is 20.4. The van der Waals surface area contributed by atoms with Crippen molar-refractivity contribution in [2.24, 2.45) is 0 Å². The minimum atomic E-state index is -4.57. The van der Waals surface area contributed by atoms with E-state index in [9.17, 15) is 13.2 Å². The molecular weight excluding hydrogens is 383 g/mol. The van der Waals surface area contributed by atoms with Gasteiger partial charge in [0.15, 0.2) is 0 Å². The second-order valence-corrected chi connectivity index (χ2v) is 6.87. The second-order valence-electron chi connectivity index (χ2n) is 6.87. The van der Waals surface area contributed by atoms with Gasteiger partial charge in [0.25, 0.3) is 0 Å². The first-order valence-corrected chi connectivity index (χ1v) is 9.32. The van der Waals surface area contributed by atoms with Gasteiger partial charge in [-0.3, -0.25) is 4.98 Å². The minimum absolute atomic E-state index is 0.105. The Morgan fingerprint density at radius 1 is 1.24 bits per heavy atom. The van der Waals surface area contributed by atoms with Crippen molar-refractivity contribution < 1.29 is 17.9 Å². The van der Waals surface area contributed by atoms with Crippen LogP contribution in [-0.4, -0.2) is 40.1 Å². The number of alkyl halides is 3. The number of nitrogens with one attached hydrogen (secondary N) is 2. The number of hydrogen-bond acceptors (Lipinski definition) is 5. The van der Waals surface area contributed by atoms with Gasteiger partial charge in [-0.15, -0.1) is 0 Å². The topological polar surface area (TPSA) is 75.8 Å². The molecule has 1 aliphatic heterocycles. The van der Waals surface area contributed by atoms with Crippen LogP contribution in [0.3, 0.4) is 0 Å². The molecule has 0 radical (unpaired) electrons. The number of allylic oxidation sites excluding steroid dienone is 1. The Labute approximate surface area is 164 Å². The summed E-state index contributed by atoms with van der Waals surface area (Å²) in [5.74, 6) is 0.632. The molecule has 9 heteroatoms. The summed E-state index contributed by atoms with van der Waals surface area (Å²) in [4.78, 5) is 9.10. The fourth-order valence-corrected chi connectivity index (χ4v) is 3.69. The molecule has 4 rings (SSSR count). The summed E-state index contributed by atoms with van der Waals surface area (Å²) >= 11 is 0. The molecule has 0 amide bonds. The number of fused-ring (bicyclic) bond motifs is 3. The Morgan fingerprint density at radius 2 is 2.00 bits per heavy atom. The predicted molar refractivity (Wildman–Crippen MR) is 104 cm³/mol. The molecule has 1 aromatic carbocycles. The lowest BCUT2D eigenvalue weighted by atomic mass is 10.1. The van der Waals surface area contributed by atoms with Gasteiger partial charge >= 0.3 is 6.18 Å². The number of aromatic nitrogens is 3. The predicted octanol–water partition coefficient (Wildman–Crippen LogP) is 4.12. The Hall–Kier alpha value is -2.94. The molecule has 0 saturated carbocycles. The number of para-hydroxylation sites is 1. The average Bonchev–Trinajstić information content (AvgIpc) is 3.09. The van der Waals surface area contributed by atoms with Crippen LogP contribution in [0.15, 0.2) is 42.2 Å². The van der Waals surface area contributed by atoms with Crippen LogP contribution in [-0.2, 0) is 11.3 Å². The quantitative estimate of drug-likeness (QED) is 0.629. The molecule has 0 aliphatic carbocycles. The van der Waals surface area contributed by atoms with Crippen molar-refractivity contribution in [2.45, 2.75) is 31.6 Å². The van der Waals surface area contributed by atoms with Crippen molar-refractivity contribution in [1.29, 1.82) is 5.41 Å². The van der Waals surface area contributed by atoms with Gasteiger partial charge in [-0.05, 0) is 18.9 Å². The molecule has 0 unspecified atom stereocenters. The van der Waals surface area contributed by atoms with E-state index in [-0.39, 0.29) is 12.6 Å². The molecule has 2 aromatic heterocycles. The highest BCUT2D eigenvalue weighted by atomic mass is 19.4. The number of halogens is 3. The Balaban J connectivity index is 1.77. The van der Waals surface area contributed by atoms with Crippen LogP contribution in [0, 0.1) is 5.41 Å². The molecule has 0 spiro atoms. The van der Waals surface area contributed by atoms with Crippen LogP contribution in [0.2, 0.25) is 0 Å². The summed E-state index contributed by atoms with van der Waals surface area (Å²) < 4.78 is 46.2. The molecule has 0 bridgehead atoms. The number of pyridine rings is 1. The van der Waals surface area contributed by atoms with Crippen LogP contribution >= 0.6 is 0 Å². The molecule has 1 fully saturated rings. The summed E-state index contributed by atoms with van der Waals surface area (Å²) in [5, 5.41) is 10.6. The second kappa shape index (κ2) is 7.82. The third kappa shape index (κ3) is 3.82. The Kier molecular flexibility index (Phi) is 5.23. The molecule has 0 atom stereocenters. The minimum Gasteiger partial charge on any atom is -0.383 e. The number of ether oxygens (including phenoxy) is 1. The summed E-state index contributed by atoms with van der Waals surface area (Å²) in [6, 6.07) is 7.90. The van der Waals surface area contributed by atoms with E-state index in [0.29, 0.717) is 30.8 Å². The number of imidazole rings is 1. The van der Waals surface area contributed by atoms with E-state index in [2.05, 4.69) is 19.9 Å². The molecule has 29 heavy (non-hydrogen) atoms. The maximum atomic E-state index is 12.9. The van der Waals surface area contributed by atoms with Gasteiger partial charge in [0.05, 0.1) is 29.3 Å². The fourth-order valence-electron chi connectivity index (χ4n) is 3.69. The summed E-state index contributed by atoms with van der Waals surface area (Å²) in [6.45, 7) is 1.37. The normalized spacial score (nSPS) is 16.4. The average molecular weight is 403 g/mol. The summed E-state index contributed by atoms with van der Waals surface area (Å²) in [5.41, 5.74) is 1.44. The maximum Gasteiger partial charge on any atom is 0.419 e. The third-order valence-electron chi connectivity index (χ3n) is 5.05. The number of nitrogens with zero attached hydrogens (tertiary/aromatic N) is 3. The van der Waals surface area contributed by atoms with Crippen LogP contribution in [0.1, 0.15) is 24.7 Å². The van der Waals surface area contributed by atoms with Crippen LogP contribution in [0.4, 0.5) is 13.2 Å². The van der Waals surface area contributed by atoms with E-state index in [4.69, 9.17) is 10.1 Å². The third-order valence-corrected chi connectivity index (χ3v) is 5.05. The first-order chi connectivity index (χ1) is 14.0. The Morgan fingerprint density at radius 3 is 2.72 bits per heavy atom. The smallest absolute Gasteiger partial charge is 0.383 e. The number of hydrogen-bond donors (Lipinski definition) is 2. The van der Waals surface area contributed by atoms with Crippen molar-refractivity contribution in [1.82, 2.24) is 19.9 Å². The molecule has 3 heterocycles. The highest BCUT2D eigenvalue weighted by Gasteiger charge is 2.32. The maximum absolute atomic E-state index is 12.9. The Bertz CT molecular complexity index is 1070. The molecule has 3 aromatic rings. The SMILES string of the molecule is N=C/C(=C\NCc1nc2cnc3ccccc3c2n1C1CCOCC1)C(F)(F)F. The summed E-state index contributed by atoms with van der Waals surface area (Å²) in [7, 11) is 0. The van der Waals surface area contributed by atoms with Crippen molar-refractivity contribution in [3.8, 4) is 0 Å². The zero-order valence-electron chi connectivity index (χ0n) is 15.5. The number of rotatable bonds is 5. The molecule has 6 nitrogen and oxygen atoms in total. The van der Waals surface area contributed by atoms with Gasteiger partial charge in [-0.25, -0.2) is 4.98 Å². The molecular formula is C20H20F3N5O. The van der Waals surface area contributed by atoms with Crippen LogP contribution in [0.5, 0.6) is 0 Å². The fraction of sp³-hybridized carbons (Fsp3) is 0.350. The van der Waals surface area contributed by atoms with E-state index in [0.717, 1.165) is 35.5 Å². The van der Waals surface area contributed by atoms with Crippen LogP contribution in [0.25, 0.3) is 21.9 Å². The first-order valence-electron chi connectivity index (χ1n) is 9.32. The van der Waals surface area contributed by atoms with Gasteiger partial charge in [-0.2, -0.15) is 13.2 Å². The van der Waals surface area contributed by atoms with Gasteiger partial charge in [0.1, 0.15) is 11.3 Å². The molecule has 1 saturated heterocycles. The van der Waals surface area contributed by atoms with E-state index < -0.39 is 11.7 Å². The molecule has 152 valence electrons. The lowest BCUT2D eigenvalue weighted by molar-refractivity contribution is -0.0860. The van der Waals surface area contributed by atoms with E-state index >= 15 is 0 Å². The lowest BCUT2D eigenvalue weighted by Gasteiger charge is -2.26. The van der Waals surface area contributed by atoms with E-state index in [1.807, 2.05) is 24.3 Å². The largest absolute Gasteiger partial charge is 0.419 e. The first kappa shape index (κ1) is 19.4. The van der Waals surface area contributed by atoms with Crippen molar-refractivity contribution in [3.05, 3.63) is 48.1 Å². The van der Waals surface area contributed by atoms with Crippen molar-refractivity contribution in [3.63, 3.8) is 0 Å². The van der Waals surface area contributed by atoms with E-state index in [1.165, 1.54) is 0 Å². The standard InChI is InChI=1S/C20H20F3N5O/c21-20(22,23)13(9-24)10-25-12-18-27-17-11-26-16-4-2-1-3-15(16)19(17)28(18)14-5-7-29-8-6-14/h1-4,9-11,14,24-25H,5-8,12H2/b13-10+,24-9?. The van der Waals surface area contributed by atoms with Gasteiger partial charge in [0.2, 0.25) is 0 Å². The van der Waals surface area contributed by atoms with Gasteiger partial charge < -0.3 is 20.0 Å². The van der Waals surface area contributed by atoms with Crippen LogP contribution < -0.4 is 5.32 Å². The molecule has 2 N–H and O–H groups in total. The van der Waals surface area contributed by atoms with Crippen molar-refractivity contribution >= 4 is 28.2 Å². The van der Waals surface area contributed by atoms with Gasteiger partial charge in [-0.1, -0.05) is 18.2 Å². The highest BCUT2D eigenvalue weighted by molar-refractivity contribution is 6.02. The monoisotopic (exact) mass is 403 g/mol. The zero-order valence-corrected chi connectivity index (χ0v) is 15.5. The summed E-state index contributed by atoms with van der Waals surface area (Å²) in [6.07, 6.45) is -0.150. The van der Waals surface area contributed by atoms with Gasteiger partial charge in [0, 0.05) is 37.1 Å². The highest BCUT2D eigenvalue weighted by Crippen LogP contribution is 2.32. The van der Waals surface area contributed by atoms with Crippen molar-refractivity contribution in [2.75, 3.05) is 13.2 Å². The lowest BCUT2D eigenvalue weighted by Crippen LogP contribution is -2.23. The molecule has 1 aliphatic rings. The number of benzene rings is 1.